The van der Waals surface area contributed by atoms with Gasteiger partial charge in [0.05, 0.1) is 26.4 Å². The number of carbonyl (C=O) groups is 2. The molecule has 0 saturated carbocycles. The molecule has 4 saturated heterocycles. The number of hydrogen-bond donors (Lipinski definition) is 1. The van der Waals surface area contributed by atoms with Crippen molar-refractivity contribution in [2.24, 2.45) is 5.92 Å². The molecule has 12 heteroatoms. The first-order valence-corrected chi connectivity index (χ1v) is 19.9. The Hall–Kier alpha value is -2.60. The number of amides is 2. The molecule has 4 atom stereocenters. The van der Waals surface area contributed by atoms with Crippen LogP contribution in [0.2, 0.25) is 10.0 Å². The zero-order valence-electron chi connectivity index (χ0n) is 32.9. The van der Waals surface area contributed by atoms with Crippen molar-refractivity contribution in [3.63, 3.8) is 0 Å². The number of nitrogens with one attached hydrogen (secondary N) is 1. The van der Waals surface area contributed by atoms with Gasteiger partial charge in [-0.1, -0.05) is 54.4 Å². The van der Waals surface area contributed by atoms with Crippen molar-refractivity contribution in [1.29, 1.82) is 0 Å². The Morgan fingerprint density at radius 1 is 0.698 bits per heavy atom. The summed E-state index contributed by atoms with van der Waals surface area (Å²) in [6.45, 7) is 22.3. The predicted octanol–water partition coefficient (Wildman–Crippen LogP) is 7.73. The van der Waals surface area contributed by atoms with Gasteiger partial charge in [0.15, 0.2) is 0 Å². The SMILES string of the molecule is C1COCCN1.CC(C)(C)OC(=O)N1C[C@H](N2CCOCC2)C[C@@H]1Cc1ccc(Cl)cc1.C[C@H]1C[C@H](Cc2ccc(Cl)cc2)N(C(=O)OC(C)(C)C)C1. The number of likely N-dealkylation sites (tertiary alicyclic amines) is 2. The molecule has 10 nitrogen and oxygen atoms in total. The molecule has 2 aromatic rings. The molecule has 0 spiro atoms. The molecule has 6 rings (SSSR count). The summed E-state index contributed by atoms with van der Waals surface area (Å²) < 4.78 is 21.7. The van der Waals surface area contributed by atoms with Gasteiger partial charge in [0.1, 0.15) is 11.2 Å². The van der Waals surface area contributed by atoms with Gasteiger partial charge in [0, 0.05) is 67.4 Å². The van der Waals surface area contributed by atoms with E-state index in [1.807, 2.05) is 99.9 Å². The van der Waals surface area contributed by atoms with Gasteiger partial charge in [0.2, 0.25) is 0 Å². The van der Waals surface area contributed by atoms with Crippen molar-refractivity contribution in [2.75, 3.05) is 65.7 Å². The highest BCUT2D eigenvalue weighted by molar-refractivity contribution is 6.30. The van der Waals surface area contributed by atoms with Gasteiger partial charge in [-0.15, -0.1) is 0 Å². The fourth-order valence-electron chi connectivity index (χ4n) is 7.03. The zero-order chi connectivity index (χ0) is 38.6. The van der Waals surface area contributed by atoms with Gasteiger partial charge in [-0.3, -0.25) is 4.90 Å². The molecule has 4 fully saturated rings. The molecule has 0 bridgehead atoms. The molecule has 2 aromatic carbocycles. The van der Waals surface area contributed by atoms with Crippen LogP contribution in [-0.4, -0.2) is 122 Å². The highest BCUT2D eigenvalue weighted by atomic mass is 35.5. The van der Waals surface area contributed by atoms with Crippen LogP contribution in [0.25, 0.3) is 0 Å². The van der Waals surface area contributed by atoms with Crippen LogP contribution >= 0.6 is 23.2 Å². The summed E-state index contributed by atoms with van der Waals surface area (Å²) in [7, 11) is 0. The minimum atomic E-state index is -0.487. The smallest absolute Gasteiger partial charge is 0.410 e. The van der Waals surface area contributed by atoms with Gasteiger partial charge in [0.25, 0.3) is 0 Å². The second-order valence-electron chi connectivity index (χ2n) is 16.5. The highest BCUT2D eigenvalue weighted by Crippen LogP contribution is 2.29. The topological polar surface area (TPSA) is 92.8 Å². The summed E-state index contributed by atoms with van der Waals surface area (Å²) in [5, 5.41) is 4.63. The second-order valence-corrected chi connectivity index (χ2v) is 17.3. The molecule has 0 aliphatic carbocycles. The fourth-order valence-corrected chi connectivity index (χ4v) is 7.28. The van der Waals surface area contributed by atoms with Crippen LogP contribution in [0.4, 0.5) is 9.59 Å². The summed E-state index contributed by atoms with van der Waals surface area (Å²) in [6, 6.07) is 16.4. The standard InChI is InChI=1S/C20H29ClN2O3.C17H24ClNO2.C4H9NO/c1-20(2,3)26-19(24)23-14-18(22-8-10-25-11-9-22)13-17(23)12-15-4-6-16(21)7-5-15;1-12-9-15(10-13-5-7-14(18)8-6-13)19(11-12)16(20)21-17(2,3)4;1-3-6-4-2-5-1/h4-7,17-18H,8-14H2,1-3H3;5-8,12,15H,9-11H2,1-4H3;5H,1-4H2/t17-,18+;12-,15+;/m00./s1. The van der Waals surface area contributed by atoms with Crippen LogP contribution in [0.3, 0.4) is 0 Å². The number of ether oxygens (including phenoxy) is 4. The number of morpholine rings is 2. The van der Waals surface area contributed by atoms with E-state index < -0.39 is 11.2 Å². The van der Waals surface area contributed by atoms with Crippen molar-refractivity contribution in [3.8, 4) is 0 Å². The van der Waals surface area contributed by atoms with E-state index in [-0.39, 0.29) is 24.3 Å². The summed E-state index contributed by atoms with van der Waals surface area (Å²) in [5.41, 5.74) is 1.45. The maximum atomic E-state index is 12.8. The van der Waals surface area contributed by atoms with Crippen LogP contribution in [0.1, 0.15) is 72.4 Å². The Morgan fingerprint density at radius 3 is 1.55 bits per heavy atom. The van der Waals surface area contributed by atoms with Crippen molar-refractivity contribution in [1.82, 2.24) is 20.0 Å². The lowest BCUT2D eigenvalue weighted by atomic mass is 10.0. The summed E-state index contributed by atoms with van der Waals surface area (Å²) >= 11 is 11.9. The maximum Gasteiger partial charge on any atom is 0.410 e. The van der Waals surface area contributed by atoms with Gasteiger partial charge in [-0.2, -0.15) is 0 Å². The van der Waals surface area contributed by atoms with Gasteiger partial charge < -0.3 is 34.1 Å². The molecule has 0 aromatic heterocycles. The quantitative estimate of drug-likeness (QED) is 0.330. The predicted molar refractivity (Wildman–Crippen MR) is 212 cm³/mol. The lowest BCUT2D eigenvalue weighted by molar-refractivity contribution is 0.0117. The van der Waals surface area contributed by atoms with E-state index >= 15 is 0 Å². The Kier molecular flexibility index (Phi) is 16.6. The third-order valence-corrected chi connectivity index (χ3v) is 9.95. The minimum Gasteiger partial charge on any atom is -0.444 e. The van der Waals surface area contributed by atoms with E-state index in [1.165, 1.54) is 11.1 Å². The van der Waals surface area contributed by atoms with Crippen molar-refractivity contribution in [3.05, 3.63) is 69.7 Å². The van der Waals surface area contributed by atoms with E-state index in [4.69, 9.17) is 42.1 Å². The first kappa shape index (κ1) is 43.1. The third-order valence-electron chi connectivity index (χ3n) is 9.45. The van der Waals surface area contributed by atoms with Crippen molar-refractivity contribution >= 4 is 35.4 Å². The van der Waals surface area contributed by atoms with Gasteiger partial charge in [-0.05, 0) is 109 Å². The number of hydrogen-bond acceptors (Lipinski definition) is 8. The molecule has 0 radical (unpaired) electrons. The highest BCUT2D eigenvalue weighted by Gasteiger charge is 2.40. The minimum absolute atomic E-state index is 0.138. The lowest BCUT2D eigenvalue weighted by Crippen LogP contribution is -2.45. The summed E-state index contributed by atoms with van der Waals surface area (Å²) in [5.74, 6) is 0.509. The number of nitrogens with zero attached hydrogens (tertiary/aromatic N) is 3. The van der Waals surface area contributed by atoms with Crippen LogP contribution in [0.15, 0.2) is 48.5 Å². The van der Waals surface area contributed by atoms with Crippen LogP contribution < -0.4 is 5.32 Å². The normalized spacial score (nSPS) is 23.7. The monoisotopic (exact) mass is 776 g/mol. The second kappa shape index (κ2) is 20.4. The van der Waals surface area contributed by atoms with Crippen LogP contribution in [-0.2, 0) is 31.8 Å². The first-order chi connectivity index (χ1) is 25.1. The summed E-state index contributed by atoms with van der Waals surface area (Å²) in [4.78, 5) is 31.4. The number of carbonyl (C=O) groups excluding carboxylic acids is 2. The number of benzene rings is 2. The molecule has 2 amide bonds. The Labute approximate surface area is 327 Å². The molecule has 4 aliphatic rings. The Bertz CT molecular complexity index is 1390. The van der Waals surface area contributed by atoms with E-state index in [2.05, 4.69) is 17.1 Å². The molecular formula is C41H62Cl2N4O6. The first-order valence-electron chi connectivity index (χ1n) is 19.1. The zero-order valence-corrected chi connectivity index (χ0v) is 34.4. The maximum absolute atomic E-state index is 12.8. The molecule has 1 N–H and O–H groups in total. The largest absolute Gasteiger partial charge is 0.444 e. The molecule has 0 unspecified atom stereocenters. The van der Waals surface area contributed by atoms with Crippen molar-refractivity contribution < 1.29 is 28.5 Å². The van der Waals surface area contributed by atoms with E-state index in [0.29, 0.717) is 18.5 Å². The number of rotatable bonds is 5. The Morgan fingerprint density at radius 2 is 1.13 bits per heavy atom. The van der Waals surface area contributed by atoms with Crippen LogP contribution in [0.5, 0.6) is 0 Å². The van der Waals surface area contributed by atoms with E-state index in [1.54, 1.807) is 0 Å². The Balaban J connectivity index is 0.000000207. The lowest BCUT2D eigenvalue weighted by Gasteiger charge is -2.32. The molecule has 4 heterocycles. The third kappa shape index (κ3) is 15.2. The molecule has 53 heavy (non-hydrogen) atoms. The summed E-state index contributed by atoms with van der Waals surface area (Å²) in [6.07, 6.45) is 3.22. The van der Waals surface area contributed by atoms with Gasteiger partial charge in [-0.25, -0.2) is 9.59 Å². The number of halogens is 2. The average Bonchev–Trinajstić information content (AvgIpc) is 3.70. The van der Waals surface area contributed by atoms with Crippen LogP contribution in [0, 0.1) is 5.92 Å². The van der Waals surface area contributed by atoms with Gasteiger partial charge >= 0.3 is 12.2 Å². The molecule has 296 valence electrons. The fraction of sp³-hybridized carbons (Fsp3) is 0.659. The van der Waals surface area contributed by atoms with E-state index in [0.717, 1.165) is 94.9 Å². The molecule has 4 aliphatic heterocycles. The van der Waals surface area contributed by atoms with E-state index in [9.17, 15) is 9.59 Å². The van der Waals surface area contributed by atoms with Crippen molar-refractivity contribution in [2.45, 2.75) is 103 Å². The molecular weight excluding hydrogens is 715 g/mol. The average molecular weight is 778 g/mol.